The Bertz CT molecular complexity index is 1390. The molecule has 0 spiro atoms. The molecule has 0 aromatic heterocycles. The molecule has 1 N–H and O–H groups in total. The Hall–Kier alpha value is -4.02. The molecule has 37 heavy (non-hydrogen) atoms. The first-order valence-corrected chi connectivity index (χ1v) is 12.8. The summed E-state index contributed by atoms with van der Waals surface area (Å²) in [5, 5.41) is 4.37. The van der Waals surface area contributed by atoms with E-state index in [9.17, 15) is 13.2 Å². The van der Waals surface area contributed by atoms with Crippen LogP contribution < -0.4 is 23.8 Å². The summed E-state index contributed by atoms with van der Waals surface area (Å²) < 4.78 is 46.9. The Morgan fingerprint density at radius 2 is 1.73 bits per heavy atom. The van der Waals surface area contributed by atoms with Crippen LogP contribution in [0.25, 0.3) is 0 Å². The molecular weight excluding hydrogens is 520 g/mol. The molecule has 0 saturated carbocycles. The zero-order valence-corrected chi connectivity index (χ0v) is 21.7. The minimum Gasteiger partial charge on any atom is -0.493 e. The van der Waals surface area contributed by atoms with Gasteiger partial charge in [-0.25, -0.2) is 5.43 Å². The lowest BCUT2D eigenvalue weighted by molar-refractivity contribution is 0.0954. The molecule has 0 aliphatic carbocycles. The zero-order chi connectivity index (χ0) is 26.8. The maximum atomic E-state index is 12.6. The second-order valence-corrected chi connectivity index (χ2v) is 9.28. The van der Waals surface area contributed by atoms with E-state index in [4.69, 9.17) is 30.0 Å². The molecule has 0 saturated heterocycles. The van der Waals surface area contributed by atoms with Gasteiger partial charge in [0.1, 0.15) is 11.5 Å². The fraction of sp³-hybridized carbons (Fsp3) is 0.154. The Balaban J connectivity index is 1.72. The topological polar surface area (TPSA) is 113 Å². The maximum absolute atomic E-state index is 12.6. The number of hydrazone groups is 1. The summed E-state index contributed by atoms with van der Waals surface area (Å²) in [6, 6.07) is 14.9. The van der Waals surface area contributed by atoms with Crippen LogP contribution in [0.4, 0.5) is 0 Å². The summed E-state index contributed by atoms with van der Waals surface area (Å²) in [5.41, 5.74) is 3.28. The van der Waals surface area contributed by atoms with Crippen molar-refractivity contribution < 1.29 is 31.6 Å². The van der Waals surface area contributed by atoms with Crippen LogP contribution in [0.3, 0.4) is 0 Å². The highest BCUT2D eigenvalue weighted by atomic mass is 35.5. The highest BCUT2D eigenvalue weighted by molar-refractivity contribution is 7.87. The number of carbonyl (C=O) groups excluding carboxylic acids is 1. The molecule has 11 heteroatoms. The summed E-state index contributed by atoms with van der Waals surface area (Å²) in [5.74, 6) is 0.595. The lowest BCUT2D eigenvalue weighted by atomic mass is 10.2. The van der Waals surface area contributed by atoms with Gasteiger partial charge in [0.05, 0.1) is 19.9 Å². The minimum atomic E-state index is -4.11. The van der Waals surface area contributed by atoms with E-state index < -0.39 is 16.0 Å². The Morgan fingerprint density at radius 1 is 1.00 bits per heavy atom. The standard InChI is InChI=1S/C26H25ClN2O7S/c1-4-14-35-22-13-7-19(16-24(22)33-3)26(30)29-28-17-18-6-12-23(25(15-18)34-5-2)36-37(31,32)21-10-8-20(27)9-11-21/h4,6-13,15-17H,1,5,14H2,2-3H3,(H,29,30)/b28-17+. The first kappa shape index (κ1) is 27.6. The Kier molecular flexibility index (Phi) is 9.53. The highest BCUT2D eigenvalue weighted by Crippen LogP contribution is 2.31. The predicted octanol–water partition coefficient (Wildman–Crippen LogP) is 4.84. The van der Waals surface area contributed by atoms with Gasteiger partial charge in [0, 0.05) is 10.6 Å². The molecule has 9 nitrogen and oxygen atoms in total. The van der Waals surface area contributed by atoms with Gasteiger partial charge >= 0.3 is 10.1 Å². The van der Waals surface area contributed by atoms with Gasteiger partial charge < -0.3 is 18.4 Å². The smallest absolute Gasteiger partial charge is 0.339 e. The number of halogens is 1. The molecule has 0 aliphatic rings. The van der Waals surface area contributed by atoms with Gasteiger partial charge in [0.15, 0.2) is 23.0 Å². The van der Waals surface area contributed by atoms with Crippen molar-refractivity contribution in [2.24, 2.45) is 5.10 Å². The van der Waals surface area contributed by atoms with E-state index >= 15 is 0 Å². The maximum Gasteiger partial charge on any atom is 0.339 e. The lowest BCUT2D eigenvalue weighted by Gasteiger charge is -2.12. The third kappa shape index (κ3) is 7.48. The van der Waals surface area contributed by atoms with Crippen LogP contribution in [0.5, 0.6) is 23.0 Å². The third-order valence-corrected chi connectivity index (χ3v) is 6.23. The average molecular weight is 545 g/mol. The summed E-state index contributed by atoms with van der Waals surface area (Å²) in [4.78, 5) is 12.5. The van der Waals surface area contributed by atoms with Gasteiger partial charge in [-0.2, -0.15) is 13.5 Å². The zero-order valence-electron chi connectivity index (χ0n) is 20.1. The monoisotopic (exact) mass is 544 g/mol. The normalized spacial score (nSPS) is 11.1. The largest absolute Gasteiger partial charge is 0.493 e. The van der Waals surface area contributed by atoms with Crippen molar-refractivity contribution in [2.45, 2.75) is 11.8 Å². The van der Waals surface area contributed by atoms with E-state index in [-0.39, 0.29) is 23.0 Å². The number of nitrogens with one attached hydrogen (secondary N) is 1. The average Bonchev–Trinajstić information content (AvgIpc) is 2.89. The lowest BCUT2D eigenvalue weighted by Crippen LogP contribution is -2.17. The molecule has 0 unspecified atom stereocenters. The molecule has 3 aromatic carbocycles. The molecule has 0 fully saturated rings. The fourth-order valence-corrected chi connectivity index (χ4v) is 4.08. The van der Waals surface area contributed by atoms with E-state index in [0.717, 1.165) is 0 Å². The molecule has 0 radical (unpaired) electrons. The third-order valence-electron chi connectivity index (χ3n) is 4.73. The van der Waals surface area contributed by atoms with E-state index in [1.54, 1.807) is 37.3 Å². The van der Waals surface area contributed by atoms with Crippen LogP contribution in [0, 0.1) is 0 Å². The number of hydrogen-bond donors (Lipinski definition) is 1. The van der Waals surface area contributed by atoms with Crippen molar-refractivity contribution in [3.05, 3.63) is 89.5 Å². The number of amides is 1. The van der Waals surface area contributed by atoms with Gasteiger partial charge in [-0.05, 0) is 73.2 Å². The molecule has 0 bridgehead atoms. The van der Waals surface area contributed by atoms with Gasteiger partial charge in [0.25, 0.3) is 5.91 Å². The van der Waals surface area contributed by atoms with Crippen molar-refractivity contribution in [1.29, 1.82) is 0 Å². The first-order valence-electron chi connectivity index (χ1n) is 11.0. The minimum absolute atomic E-state index is 0.00356. The molecule has 194 valence electrons. The van der Waals surface area contributed by atoms with E-state index in [1.165, 1.54) is 49.7 Å². The summed E-state index contributed by atoms with van der Waals surface area (Å²) in [6.45, 7) is 5.91. The van der Waals surface area contributed by atoms with Crippen LogP contribution in [-0.4, -0.2) is 40.9 Å². The highest BCUT2D eigenvalue weighted by Gasteiger charge is 2.19. The number of ether oxygens (including phenoxy) is 3. The first-order chi connectivity index (χ1) is 17.8. The van der Waals surface area contributed by atoms with E-state index in [0.29, 0.717) is 34.3 Å². The number of rotatable bonds is 12. The van der Waals surface area contributed by atoms with Crippen molar-refractivity contribution in [3.8, 4) is 23.0 Å². The summed E-state index contributed by atoms with van der Waals surface area (Å²) >= 11 is 5.83. The van der Waals surface area contributed by atoms with E-state index in [2.05, 4.69) is 17.1 Å². The molecule has 1 amide bonds. The van der Waals surface area contributed by atoms with Crippen LogP contribution >= 0.6 is 11.6 Å². The second kappa shape index (κ2) is 12.8. The van der Waals surface area contributed by atoms with Gasteiger partial charge in [-0.3, -0.25) is 4.79 Å². The summed E-state index contributed by atoms with van der Waals surface area (Å²) in [7, 11) is -2.64. The molecule has 0 atom stereocenters. The predicted molar refractivity (Wildman–Crippen MR) is 141 cm³/mol. The Morgan fingerprint density at radius 3 is 2.41 bits per heavy atom. The fourth-order valence-electron chi connectivity index (χ4n) is 3.02. The molecule has 3 rings (SSSR count). The summed E-state index contributed by atoms with van der Waals surface area (Å²) in [6.07, 6.45) is 2.99. The number of methoxy groups -OCH3 is 1. The van der Waals surface area contributed by atoms with Gasteiger partial charge in [0.2, 0.25) is 0 Å². The Labute approximate surface area is 220 Å². The molecule has 3 aromatic rings. The van der Waals surface area contributed by atoms with Crippen LogP contribution in [0.1, 0.15) is 22.8 Å². The number of benzene rings is 3. The van der Waals surface area contributed by atoms with Crippen molar-refractivity contribution in [1.82, 2.24) is 5.43 Å². The molecule has 0 heterocycles. The van der Waals surface area contributed by atoms with Crippen LogP contribution in [0.2, 0.25) is 5.02 Å². The number of nitrogens with zero attached hydrogens (tertiary/aromatic N) is 1. The van der Waals surface area contributed by atoms with Crippen LogP contribution in [0.15, 0.2) is 83.3 Å². The van der Waals surface area contributed by atoms with E-state index in [1.807, 2.05) is 0 Å². The van der Waals surface area contributed by atoms with Gasteiger partial charge in [-0.1, -0.05) is 24.3 Å². The van der Waals surface area contributed by atoms with Crippen molar-refractivity contribution in [2.75, 3.05) is 20.3 Å². The van der Waals surface area contributed by atoms with Crippen LogP contribution in [-0.2, 0) is 10.1 Å². The number of hydrogen-bond acceptors (Lipinski definition) is 8. The SMILES string of the molecule is C=CCOc1ccc(C(=O)N/N=C/c2ccc(OS(=O)(=O)c3ccc(Cl)cc3)c(OCC)c2)cc1OC. The molecular formula is C26H25ClN2O7S. The second-order valence-electron chi connectivity index (χ2n) is 7.30. The quantitative estimate of drug-likeness (QED) is 0.150. The number of carbonyl (C=O) groups is 1. The van der Waals surface area contributed by atoms with Crippen molar-refractivity contribution in [3.63, 3.8) is 0 Å². The van der Waals surface area contributed by atoms with Gasteiger partial charge in [-0.15, -0.1) is 0 Å². The van der Waals surface area contributed by atoms with Crippen molar-refractivity contribution >= 4 is 33.8 Å². The molecule has 0 aliphatic heterocycles.